The number of phenols is 1. The number of hydrogen-bond acceptors (Lipinski definition) is 3. The molecule has 0 fully saturated rings. The van der Waals surface area contributed by atoms with Crippen molar-refractivity contribution < 1.29 is 14.6 Å². The molecule has 4 heteroatoms. The highest BCUT2D eigenvalue weighted by Gasteiger charge is 2.02. The fraction of sp³-hybridized carbons (Fsp3) is 0.759. The SMILES string of the molecule is CCCCCCCCCCCCNC(=O)CCCCCCCCCCOc1ccccc1O. The van der Waals surface area contributed by atoms with E-state index in [1.54, 1.807) is 18.2 Å². The lowest BCUT2D eigenvalue weighted by molar-refractivity contribution is -0.121. The van der Waals surface area contributed by atoms with E-state index >= 15 is 0 Å². The molecule has 0 heterocycles. The lowest BCUT2D eigenvalue weighted by atomic mass is 10.1. The summed E-state index contributed by atoms with van der Waals surface area (Å²) in [5.41, 5.74) is 0. The molecule has 33 heavy (non-hydrogen) atoms. The third-order valence-corrected chi connectivity index (χ3v) is 6.27. The number of unbranched alkanes of at least 4 members (excludes halogenated alkanes) is 16. The fourth-order valence-corrected chi connectivity index (χ4v) is 4.14. The summed E-state index contributed by atoms with van der Waals surface area (Å²) < 4.78 is 5.60. The van der Waals surface area contributed by atoms with Crippen LogP contribution < -0.4 is 10.1 Å². The maximum absolute atomic E-state index is 11.9. The first-order chi connectivity index (χ1) is 16.2. The van der Waals surface area contributed by atoms with Crippen LogP contribution in [-0.2, 0) is 4.79 Å². The van der Waals surface area contributed by atoms with Gasteiger partial charge in [0.05, 0.1) is 6.61 Å². The Morgan fingerprint density at radius 2 is 1.24 bits per heavy atom. The number of benzene rings is 1. The number of rotatable bonds is 23. The first-order valence-electron chi connectivity index (χ1n) is 13.9. The highest BCUT2D eigenvalue weighted by atomic mass is 16.5. The number of carbonyl (C=O) groups is 1. The van der Waals surface area contributed by atoms with Crippen molar-refractivity contribution >= 4 is 5.91 Å². The van der Waals surface area contributed by atoms with Crippen molar-refractivity contribution in [1.82, 2.24) is 5.32 Å². The van der Waals surface area contributed by atoms with Crippen molar-refractivity contribution in [2.75, 3.05) is 13.2 Å². The Morgan fingerprint density at radius 1 is 0.727 bits per heavy atom. The van der Waals surface area contributed by atoms with Crippen LogP contribution in [0.1, 0.15) is 129 Å². The third-order valence-electron chi connectivity index (χ3n) is 6.27. The Labute approximate surface area is 203 Å². The van der Waals surface area contributed by atoms with E-state index < -0.39 is 0 Å². The molecule has 0 saturated carbocycles. The summed E-state index contributed by atoms with van der Waals surface area (Å²) in [5.74, 6) is 1.02. The van der Waals surface area contributed by atoms with Gasteiger partial charge in [-0.1, -0.05) is 115 Å². The van der Waals surface area contributed by atoms with Gasteiger partial charge < -0.3 is 15.2 Å². The lowest BCUT2D eigenvalue weighted by Crippen LogP contribution is -2.23. The summed E-state index contributed by atoms with van der Waals surface area (Å²) in [6.07, 6.45) is 23.3. The van der Waals surface area contributed by atoms with E-state index in [9.17, 15) is 9.90 Å². The molecule has 0 radical (unpaired) electrons. The zero-order valence-corrected chi connectivity index (χ0v) is 21.4. The minimum Gasteiger partial charge on any atom is -0.504 e. The van der Waals surface area contributed by atoms with Crippen LogP contribution in [0.3, 0.4) is 0 Å². The normalized spacial score (nSPS) is 10.9. The Bertz CT molecular complexity index is 576. The molecule has 1 rings (SSSR count). The minimum atomic E-state index is 0.213. The zero-order chi connectivity index (χ0) is 23.8. The van der Waals surface area contributed by atoms with E-state index in [1.165, 1.54) is 83.5 Å². The average Bonchev–Trinajstić information content (AvgIpc) is 2.82. The number of nitrogens with one attached hydrogen (secondary N) is 1. The first-order valence-corrected chi connectivity index (χ1v) is 13.9. The van der Waals surface area contributed by atoms with Gasteiger partial charge in [-0.15, -0.1) is 0 Å². The maximum atomic E-state index is 11.9. The van der Waals surface area contributed by atoms with Crippen LogP contribution in [0.4, 0.5) is 0 Å². The number of hydrogen-bond donors (Lipinski definition) is 2. The largest absolute Gasteiger partial charge is 0.504 e. The van der Waals surface area contributed by atoms with Gasteiger partial charge >= 0.3 is 0 Å². The van der Waals surface area contributed by atoms with Crippen LogP contribution in [0.2, 0.25) is 0 Å². The van der Waals surface area contributed by atoms with Gasteiger partial charge in [-0.25, -0.2) is 0 Å². The van der Waals surface area contributed by atoms with Crippen molar-refractivity contribution in [2.24, 2.45) is 0 Å². The molecular formula is C29H51NO3. The van der Waals surface area contributed by atoms with Gasteiger partial charge in [-0.3, -0.25) is 4.79 Å². The Morgan fingerprint density at radius 3 is 1.85 bits per heavy atom. The predicted molar refractivity (Wildman–Crippen MR) is 140 cm³/mol. The monoisotopic (exact) mass is 461 g/mol. The van der Waals surface area contributed by atoms with E-state index in [0.29, 0.717) is 18.8 Å². The van der Waals surface area contributed by atoms with Crippen LogP contribution in [0, 0.1) is 0 Å². The summed E-state index contributed by atoms with van der Waals surface area (Å²) >= 11 is 0. The molecule has 1 amide bonds. The van der Waals surface area contributed by atoms with Gasteiger partial charge in [0, 0.05) is 13.0 Å². The third kappa shape index (κ3) is 18.4. The summed E-state index contributed by atoms with van der Waals surface area (Å²) in [5, 5.41) is 12.7. The molecule has 0 atom stereocenters. The van der Waals surface area contributed by atoms with Gasteiger partial charge in [0.1, 0.15) is 0 Å². The summed E-state index contributed by atoms with van der Waals surface area (Å²) in [7, 11) is 0. The Balaban J connectivity index is 1.76. The van der Waals surface area contributed by atoms with Crippen LogP contribution in [0.5, 0.6) is 11.5 Å². The van der Waals surface area contributed by atoms with Gasteiger partial charge in [0.25, 0.3) is 0 Å². The number of amides is 1. The molecule has 0 aliphatic carbocycles. The van der Waals surface area contributed by atoms with Crippen molar-refractivity contribution in [1.29, 1.82) is 0 Å². The number of aromatic hydroxyl groups is 1. The number of carbonyl (C=O) groups excluding carboxylic acids is 1. The second-order valence-corrected chi connectivity index (χ2v) is 9.43. The van der Waals surface area contributed by atoms with Crippen LogP contribution >= 0.6 is 0 Å². The minimum absolute atomic E-state index is 0.213. The Kier molecular flexibility index (Phi) is 19.6. The zero-order valence-electron chi connectivity index (χ0n) is 21.4. The standard InChI is InChI=1S/C29H51NO3/c1-2-3-4-5-6-7-9-12-15-20-25-30-29(32)24-17-14-11-8-10-13-16-21-26-33-28-23-19-18-22-27(28)31/h18-19,22-23,31H,2-17,20-21,24-26H2,1H3,(H,30,32). The number of ether oxygens (including phenoxy) is 1. The molecule has 0 unspecified atom stereocenters. The maximum Gasteiger partial charge on any atom is 0.219 e. The molecule has 0 aliphatic heterocycles. The summed E-state index contributed by atoms with van der Waals surface area (Å²) in [6, 6.07) is 7.12. The molecular weight excluding hydrogens is 410 g/mol. The summed E-state index contributed by atoms with van der Waals surface area (Å²) in [6.45, 7) is 3.78. The molecule has 0 bridgehead atoms. The van der Waals surface area contributed by atoms with Crippen LogP contribution in [0.15, 0.2) is 24.3 Å². The molecule has 4 nitrogen and oxygen atoms in total. The predicted octanol–water partition coefficient (Wildman–Crippen LogP) is 8.32. The smallest absolute Gasteiger partial charge is 0.219 e. The average molecular weight is 462 g/mol. The first kappa shape index (κ1) is 29.3. The molecule has 1 aromatic carbocycles. The van der Waals surface area contributed by atoms with Crippen LogP contribution in [-0.4, -0.2) is 24.2 Å². The van der Waals surface area contributed by atoms with E-state index in [2.05, 4.69) is 12.2 Å². The van der Waals surface area contributed by atoms with Crippen molar-refractivity contribution in [2.45, 2.75) is 129 Å². The second kappa shape index (κ2) is 22.1. The van der Waals surface area contributed by atoms with Gasteiger partial charge in [-0.2, -0.15) is 0 Å². The van der Waals surface area contributed by atoms with Gasteiger partial charge in [-0.05, 0) is 31.4 Å². The molecule has 0 saturated heterocycles. The van der Waals surface area contributed by atoms with Crippen molar-refractivity contribution in [3.63, 3.8) is 0 Å². The molecule has 190 valence electrons. The molecule has 0 spiro atoms. The van der Waals surface area contributed by atoms with Gasteiger partial charge in [0.2, 0.25) is 5.91 Å². The molecule has 1 aromatic rings. The molecule has 0 aliphatic rings. The van der Waals surface area contributed by atoms with E-state index in [1.807, 2.05) is 6.07 Å². The number of para-hydroxylation sites is 2. The lowest BCUT2D eigenvalue weighted by Gasteiger charge is -2.07. The summed E-state index contributed by atoms with van der Waals surface area (Å²) in [4.78, 5) is 11.9. The quantitative estimate of drug-likeness (QED) is 0.161. The van der Waals surface area contributed by atoms with Gasteiger partial charge in [0.15, 0.2) is 11.5 Å². The second-order valence-electron chi connectivity index (χ2n) is 9.43. The van der Waals surface area contributed by atoms with E-state index in [-0.39, 0.29) is 11.7 Å². The molecule has 2 N–H and O–H groups in total. The van der Waals surface area contributed by atoms with Crippen molar-refractivity contribution in [3.8, 4) is 11.5 Å². The highest BCUT2D eigenvalue weighted by Crippen LogP contribution is 2.24. The van der Waals surface area contributed by atoms with E-state index in [0.717, 1.165) is 38.6 Å². The number of phenolic OH excluding ortho intramolecular Hbond substituents is 1. The highest BCUT2D eigenvalue weighted by molar-refractivity contribution is 5.75. The van der Waals surface area contributed by atoms with Crippen molar-refractivity contribution in [3.05, 3.63) is 24.3 Å². The van der Waals surface area contributed by atoms with E-state index in [4.69, 9.17) is 4.74 Å². The Hall–Kier alpha value is -1.71. The van der Waals surface area contributed by atoms with Crippen LogP contribution in [0.25, 0.3) is 0 Å². The topological polar surface area (TPSA) is 58.6 Å². The molecule has 0 aromatic heterocycles. The fourth-order valence-electron chi connectivity index (χ4n) is 4.14.